The van der Waals surface area contributed by atoms with Gasteiger partial charge in [0.15, 0.2) is 11.6 Å². The van der Waals surface area contributed by atoms with E-state index >= 15 is 8.78 Å². The van der Waals surface area contributed by atoms with E-state index in [9.17, 15) is 13.0 Å². The minimum atomic E-state index is -4.73. The molecule has 1 heterocycles. The minimum absolute atomic E-state index is 0.232. The molecule has 2 aromatic rings. The van der Waals surface area contributed by atoms with E-state index in [4.69, 9.17) is 30.3 Å². The molecule has 32 heavy (non-hydrogen) atoms. The number of thiophene rings is 1. The zero-order valence-electron chi connectivity index (χ0n) is 15.8. The molecule has 0 spiro atoms. The Hall–Kier alpha value is -2.68. The van der Waals surface area contributed by atoms with Crippen molar-refractivity contribution in [2.75, 3.05) is 32.6 Å². The van der Waals surface area contributed by atoms with Crippen LogP contribution in [0.15, 0.2) is 20.5 Å². The van der Waals surface area contributed by atoms with E-state index in [0.29, 0.717) is 11.3 Å². The molecule has 3 N–H and O–H groups in total. The van der Waals surface area contributed by atoms with Gasteiger partial charge in [-0.15, -0.1) is 11.3 Å². The van der Waals surface area contributed by atoms with Gasteiger partial charge in [-0.3, -0.25) is 4.57 Å². The summed E-state index contributed by atoms with van der Waals surface area (Å²) >= 11 is 0.292. The van der Waals surface area contributed by atoms with Crippen molar-refractivity contribution < 1.29 is 41.0 Å². The van der Waals surface area contributed by atoms with Crippen molar-refractivity contribution in [3.8, 4) is 11.5 Å². The molecule has 0 saturated carbocycles. The highest BCUT2D eigenvalue weighted by molar-refractivity contribution is 7.92. The molecule has 1 aromatic heterocycles. The van der Waals surface area contributed by atoms with Gasteiger partial charge in [-0.1, -0.05) is 10.2 Å². The first kappa shape index (κ1) is 25.6. The van der Waals surface area contributed by atoms with E-state index in [1.807, 2.05) is 0 Å². The summed E-state index contributed by atoms with van der Waals surface area (Å²) in [4.78, 5) is 22.7. The van der Waals surface area contributed by atoms with Crippen molar-refractivity contribution in [2.24, 2.45) is 10.2 Å². The maximum Gasteiger partial charge on any atom is 0.340 e. The van der Waals surface area contributed by atoms with Gasteiger partial charge in [0.2, 0.25) is 11.5 Å². The number of fused-ring (bicyclic) bond motifs is 1. The van der Waals surface area contributed by atoms with E-state index in [1.54, 1.807) is 4.72 Å². The number of azide groups is 2. The van der Waals surface area contributed by atoms with E-state index in [-0.39, 0.29) is 26.3 Å². The molecule has 0 amide bonds. The molecular formula is C13H14F2N7O7PS2. The zero-order valence-corrected chi connectivity index (χ0v) is 18.3. The number of nitrogens with one attached hydrogen (secondary N) is 1. The monoisotopic (exact) mass is 513 g/mol. The summed E-state index contributed by atoms with van der Waals surface area (Å²) in [5.74, 6) is -3.82. The molecule has 0 fully saturated rings. The Morgan fingerprint density at radius 3 is 2.12 bits per heavy atom. The Labute approximate surface area is 182 Å². The number of halogens is 2. The third-order valence-electron chi connectivity index (χ3n) is 3.48. The summed E-state index contributed by atoms with van der Waals surface area (Å²) < 4.78 is 76.5. The third kappa shape index (κ3) is 6.41. The van der Waals surface area contributed by atoms with E-state index in [0.717, 1.165) is 6.07 Å². The highest BCUT2D eigenvalue weighted by Crippen LogP contribution is 2.44. The molecule has 0 aliphatic rings. The number of hydrogen-bond acceptors (Lipinski definition) is 8. The van der Waals surface area contributed by atoms with Crippen molar-refractivity contribution >= 4 is 39.0 Å². The maximum atomic E-state index is 15.1. The predicted molar refractivity (Wildman–Crippen MR) is 108 cm³/mol. The lowest BCUT2D eigenvalue weighted by Gasteiger charge is -2.14. The average molecular weight is 513 g/mol. The van der Waals surface area contributed by atoms with Crippen molar-refractivity contribution in [3.05, 3.63) is 38.6 Å². The summed E-state index contributed by atoms with van der Waals surface area (Å²) in [6.07, 6.45) is -1.21. The van der Waals surface area contributed by atoms with Gasteiger partial charge < -0.3 is 19.3 Å². The van der Waals surface area contributed by atoms with Gasteiger partial charge in [0.25, 0.3) is 10.0 Å². The van der Waals surface area contributed by atoms with E-state index < -0.39 is 61.3 Å². The zero-order chi connectivity index (χ0) is 23.9. The molecule has 0 aliphatic carbocycles. The van der Waals surface area contributed by atoms with Crippen molar-refractivity contribution in [1.82, 2.24) is 4.72 Å². The van der Waals surface area contributed by atoms with Crippen LogP contribution in [0, 0.1) is 11.6 Å². The standard InChI is InChI=1S/C13H14F2N7O7PS2/c14-9-7-5-8(32(26,27)20-6-30(23,24)25)31-13(7)10(15)12(29-4-2-19-22-17)11(9)28-3-1-18-21-16/h5,20H,1-4,6H2,(H2,23,24,25). The number of hydrogen-bond donors (Lipinski definition) is 3. The fourth-order valence-electron chi connectivity index (χ4n) is 2.22. The fourth-order valence-corrected chi connectivity index (χ4v) is 5.67. The Kier molecular flexibility index (Phi) is 8.60. The van der Waals surface area contributed by atoms with Crippen molar-refractivity contribution in [3.63, 3.8) is 0 Å². The number of ether oxygens (including phenoxy) is 2. The molecule has 0 aliphatic heterocycles. The van der Waals surface area contributed by atoms with Crippen LogP contribution in [-0.4, -0.2) is 50.8 Å². The second kappa shape index (κ2) is 10.8. The molecule has 0 saturated heterocycles. The van der Waals surface area contributed by atoms with Crippen LogP contribution in [0.2, 0.25) is 0 Å². The summed E-state index contributed by atoms with van der Waals surface area (Å²) in [5.41, 5.74) is 16.6. The third-order valence-corrected chi connectivity index (χ3v) is 7.26. The first-order chi connectivity index (χ1) is 15.0. The van der Waals surface area contributed by atoms with Gasteiger partial charge in [-0.2, -0.15) is 4.72 Å². The first-order valence-corrected chi connectivity index (χ1v) is 12.4. The molecule has 0 radical (unpaired) electrons. The number of rotatable bonds is 12. The Balaban J connectivity index is 2.54. The molecule has 0 bridgehead atoms. The molecule has 0 unspecified atom stereocenters. The molecule has 2 rings (SSSR count). The number of nitrogens with zero attached hydrogens (tertiary/aromatic N) is 6. The highest BCUT2D eigenvalue weighted by Gasteiger charge is 2.29. The van der Waals surface area contributed by atoms with Gasteiger partial charge in [0.05, 0.1) is 31.0 Å². The van der Waals surface area contributed by atoms with Gasteiger partial charge in [0, 0.05) is 15.2 Å². The molecule has 19 heteroatoms. The largest absolute Gasteiger partial charge is 0.487 e. The molecule has 0 atom stereocenters. The quantitative estimate of drug-likeness (QED) is 0.126. The lowest BCUT2D eigenvalue weighted by atomic mass is 10.2. The van der Waals surface area contributed by atoms with Crippen LogP contribution in [0.4, 0.5) is 8.78 Å². The molecule has 14 nitrogen and oxygen atoms in total. The average Bonchev–Trinajstić information content (AvgIpc) is 3.18. The smallest absolute Gasteiger partial charge is 0.340 e. The predicted octanol–water partition coefficient (Wildman–Crippen LogP) is 2.97. The molecule has 174 valence electrons. The SMILES string of the molecule is [N-]=[N+]=NCCOc1c(OCCN=[N+]=[N-])c(F)c2sc(S(=O)(=O)NCP(=O)(O)O)cc2c1F. The summed E-state index contributed by atoms with van der Waals surface area (Å²) in [6, 6.07) is 0.768. The summed E-state index contributed by atoms with van der Waals surface area (Å²) in [6.45, 7) is -1.19. The van der Waals surface area contributed by atoms with Crippen molar-refractivity contribution in [1.29, 1.82) is 0 Å². The molecular weight excluding hydrogens is 499 g/mol. The van der Waals surface area contributed by atoms with Crippen LogP contribution >= 0.6 is 18.9 Å². The van der Waals surface area contributed by atoms with Gasteiger partial charge in [-0.05, 0) is 17.1 Å². The van der Waals surface area contributed by atoms with Crippen LogP contribution in [0.5, 0.6) is 11.5 Å². The lowest BCUT2D eigenvalue weighted by Crippen LogP contribution is -2.23. The normalized spacial score (nSPS) is 11.6. The van der Waals surface area contributed by atoms with Gasteiger partial charge >= 0.3 is 7.60 Å². The van der Waals surface area contributed by atoms with Crippen LogP contribution < -0.4 is 14.2 Å². The minimum Gasteiger partial charge on any atom is -0.487 e. The van der Waals surface area contributed by atoms with Crippen LogP contribution in [0.25, 0.3) is 31.0 Å². The van der Waals surface area contributed by atoms with Crippen molar-refractivity contribution in [2.45, 2.75) is 4.21 Å². The Morgan fingerprint density at radius 1 is 1.09 bits per heavy atom. The second-order valence-electron chi connectivity index (χ2n) is 5.67. The summed E-state index contributed by atoms with van der Waals surface area (Å²) in [7, 11) is -9.24. The Bertz CT molecular complexity index is 1190. The maximum absolute atomic E-state index is 15.1. The van der Waals surface area contributed by atoms with E-state index in [1.165, 1.54) is 0 Å². The van der Waals surface area contributed by atoms with Crippen LogP contribution in [0.1, 0.15) is 0 Å². The topological polar surface area (TPSA) is 220 Å². The van der Waals surface area contributed by atoms with Gasteiger partial charge in [-0.25, -0.2) is 17.2 Å². The number of benzene rings is 1. The van der Waals surface area contributed by atoms with Crippen LogP contribution in [0.3, 0.4) is 0 Å². The Morgan fingerprint density at radius 2 is 1.62 bits per heavy atom. The fraction of sp³-hybridized carbons (Fsp3) is 0.385. The van der Waals surface area contributed by atoms with Gasteiger partial charge in [0.1, 0.15) is 10.5 Å². The number of sulfonamides is 1. The first-order valence-electron chi connectivity index (χ1n) is 8.28. The summed E-state index contributed by atoms with van der Waals surface area (Å²) in [5, 5.41) is 5.88. The molecule has 1 aromatic carbocycles. The van der Waals surface area contributed by atoms with Crippen LogP contribution in [-0.2, 0) is 14.6 Å². The lowest BCUT2D eigenvalue weighted by molar-refractivity contribution is 0.258. The highest BCUT2D eigenvalue weighted by atomic mass is 32.2. The second-order valence-corrected chi connectivity index (χ2v) is 10.4. The van der Waals surface area contributed by atoms with E-state index in [2.05, 4.69) is 20.1 Å².